The van der Waals surface area contributed by atoms with E-state index in [2.05, 4.69) is 30.2 Å². The molecular weight excluding hydrogens is 798 g/mol. The van der Waals surface area contributed by atoms with Crippen molar-refractivity contribution in [1.29, 1.82) is 0 Å². The summed E-state index contributed by atoms with van der Waals surface area (Å²) in [7, 11) is -4.07. The van der Waals surface area contributed by atoms with Gasteiger partial charge in [0.15, 0.2) is 5.69 Å². The number of nitrogens with one attached hydrogen (secondary N) is 3. The van der Waals surface area contributed by atoms with Gasteiger partial charge in [-0.2, -0.15) is 0 Å². The lowest BCUT2D eigenvalue weighted by Gasteiger charge is -2.30. The molecule has 15 nitrogen and oxygen atoms in total. The van der Waals surface area contributed by atoms with E-state index in [1.54, 1.807) is 30.3 Å². The van der Waals surface area contributed by atoms with Gasteiger partial charge in [-0.1, -0.05) is 48.3 Å². The van der Waals surface area contributed by atoms with Crippen LogP contribution in [0.4, 0.5) is 13.2 Å². The number of ether oxygens (including phenoxy) is 2. The van der Waals surface area contributed by atoms with Gasteiger partial charge < -0.3 is 29.5 Å². The monoisotopic (exact) mass is 838 g/mol. The van der Waals surface area contributed by atoms with Gasteiger partial charge in [0.2, 0.25) is 27.7 Å². The largest absolute Gasteiger partial charge is 0.573 e. The van der Waals surface area contributed by atoms with E-state index in [-0.39, 0.29) is 42.8 Å². The number of carbonyl (C=O) groups excluding carboxylic acids is 4. The van der Waals surface area contributed by atoms with E-state index < -0.39 is 80.2 Å². The van der Waals surface area contributed by atoms with Crippen LogP contribution in [0.1, 0.15) is 75.2 Å². The Morgan fingerprint density at radius 1 is 1.03 bits per heavy atom. The molecule has 2 aliphatic heterocycles. The first kappa shape index (κ1) is 40.1. The fraction of sp³-hybridized carbons (Fsp3) is 0.450. The fourth-order valence-electron chi connectivity index (χ4n) is 7.86. The number of sulfonamides is 1. The lowest BCUT2D eigenvalue weighted by atomic mass is 10.0. The summed E-state index contributed by atoms with van der Waals surface area (Å²) >= 11 is 0. The van der Waals surface area contributed by atoms with Crippen molar-refractivity contribution in [3.8, 4) is 11.6 Å². The van der Waals surface area contributed by atoms with Crippen molar-refractivity contribution in [2.45, 2.75) is 99.5 Å². The van der Waals surface area contributed by atoms with E-state index in [9.17, 15) is 40.8 Å². The van der Waals surface area contributed by atoms with Gasteiger partial charge in [-0.05, 0) is 75.1 Å². The molecule has 3 fully saturated rings. The highest BCUT2D eigenvalue weighted by Gasteiger charge is 2.63. The number of hydrogen-bond donors (Lipinski definition) is 3. The summed E-state index contributed by atoms with van der Waals surface area (Å²) in [6.07, 6.45) is 2.38. The Kier molecular flexibility index (Phi) is 10.3. The van der Waals surface area contributed by atoms with Crippen molar-refractivity contribution < 1.29 is 54.8 Å². The normalized spacial score (nSPS) is 26.4. The van der Waals surface area contributed by atoms with Crippen LogP contribution in [0.5, 0.6) is 11.6 Å². The summed E-state index contributed by atoms with van der Waals surface area (Å²) in [5, 5.41) is 10.5. The Balaban J connectivity index is 1.14. The minimum absolute atomic E-state index is 0.0679. The SMILES string of the molecule is CC1(S(=O)(=O)NC(=O)[C@@]23C[C@H]2/C=C\CCCCC[C@H](NC(=O)c2ccon2)C(=O)N2C[C@H](Oc4nc5ccccc5c5ccc(OC(F)(F)F)cc45)C[C@H]2C(=O)N3)CC1. The first-order chi connectivity index (χ1) is 28.1. The lowest BCUT2D eigenvalue weighted by molar-refractivity contribution is -0.274. The zero-order chi connectivity index (χ0) is 41.7. The van der Waals surface area contributed by atoms with E-state index in [1.165, 1.54) is 36.3 Å². The molecule has 4 amide bonds. The maximum atomic E-state index is 14.6. The number of fused-ring (bicyclic) bond motifs is 5. The van der Waals surface area contributed by atoms with Gasteiger partial charge in [0, 0.05) is 29.2 Å². The first-order valence-corrected chi connectivity index (χ1v) is 20.9. The summed E-state index contributed by atoms with van der Waals surface area (Å²) in [5.41, 5.74) is -1.24. The lowest BCUT2D eigenvalue weighted by Crippen LogP contribution is -2.58. The van der Waals surface area contributed by atoms with E-state index in [1.807, 2.05) is 6.08 Å². The first-order valence-electron chi connectivity index (χ1n) is 19.4. The van der Waals surface area contributed by atoms with Crippen molar-refractivity contribution in [3.63, 3.8) is 0 Å². The highest BCUT2D eigenvalue weighted by molar-refractivity contribution is 7.91. The average molecular weight is 839 g/mol. The number of para-hydroxylation sites is 1. The molecule has 2 saturated carbocycles. The Labute approximate surface area is 336 Å². The van der Waals surface area contributed by atoms with E-state index in [0.29, 0.717) is 54.8 Å². The number of halogens is 3. The molecular formula is C40H41F3N6O9S. The van der Waals surface area contributed by atoms with Gasteiger partial charge in [-0.3, -0.25) is 23.9 Å². The van der Waals surface area contributed by atoms with Crippen molar-refractivity contribution in [2.24, 2.45) is 5.92 Å². The predicted molar refractivity (Wildman–Crippen MR) is 204 cm³/mol. The fourth-order valence-corrected chi connectivity index (χ4v) is 9.17. The van der Waals surface area contributed by atoms with Crippen LogP contribution in [-0.4, -0.2) is 88.5 Å². The van der Waals surface area contributed by atoms with Crippen molar-refractivity contribution in [3.05, 3.63) is 72.6 Å². The van der Waals surface area contributed by atoms with Crippen LogP contribution in [-0.2, 0) is 24.4 Å². The molecule has 59 heavy (non-hydrogen) atoms. The summed E-state index contributed by atoms with van der Waals surface area (Å²) in [6, 6.07) is 9.63. The van der Waals surface area contributed by atoms with Crippen LogP contribution in [0.3, 0.4) is 0 Å². The van der Waals surface area contributed by atoms with E-state index >= 15 is 0 Å². The highest BCUT2D eigenvalue weighted by atomic mass is 32.2. The Morgan fingerprint density at radius 2 is 1.83 bits per heavy atom. The zero-order valence-electron chi connectivity index (χ0n) is 31.8. The topological polar surface area (TPSA) is 199 Å². The number of benzene rings is 2. The summed E-state index contributed by atoms with van der Waals surface area (Å²) in [4.78, 5) is 62.1. The van der Waals surface area contributed by atoms with Crippen LogP contribution in [0.2, 0.25) is 0 Å². The molecule has 2 aromatic heterocycles. The van der Waals surface area contributed by atoms with Crippen LogP contribution in [0.25, 0.3) is 21.7 Å². The van der Waals surface area contributed by atoms with Gasteiger partial charge >= 0.3 is 6.36 Å². The number of rotatable bonds is 8. The van der Waals surface area contributed by atoms with Crippen molar-refractivity contribution in [2.75, 3.05) is 6.54 Å². The number of nitrogens with zero attached hydrogens (tertiary/aromatic N) is 3. The number of aromatic nitrogens is 2. The standard InChI is InChI=1S/C40H41F3N6O9S/c1-38(16-17-38)59(54,55)48-37(53)39-21-23(39)9-5-3-2-4-6-12-31(44-33(50)30-15-18-56-47-30)36(52)49-22-25(20-32(49)34(51)46-39)57-35-28-19-24(58-40(41,42)43)13-14-26(28)27-10-7-8-11-29(27)45-35/h5,7-11,13-15,18-19,23,25,31-32H,2-4,6,12,16-17,20-22H2,1H3,(H,44,50)(H,46,51)(H,48,53)/b9-5-/t23-,25-,31+,32+,39-/m1/s1. The molecule has 0 bridgehead atoms. The van der Waals surface area contributed by atoms with E-state index in [4.69, 9.17) is 9.26 Å². The van der Waals surface area contributed by atoms with Gasteiger partial charge in [0.25, 0.3) is 11.8 Å². The summed E-state index contributed by atoms with van der Waals surface area (Å²) < 4.78 is 82.8. The minimum Gasteiger partial charge on any atom is -0.472 e. The van der Waals surface area contributed by atoms with Crippen LogP contribution in [0.15, 0.2) is 71.5 Å². The summed E-state index contributed by atoms with van der Waals surface area (Å²) in [6.45, 7) is 1.31. The molecule has 0 spiro atoms. The number of amides is 4. The maximum Gasteiger partial charge on any atom is 0.573 e. The zero-order valence-corrected chi connectivity index (χ0v) is 32.6. The Morgan fingerprint density at radius 3 is 2.58 bits per heavy atom. The Bertz CT molecular complexity index is 2460. The van der Waals surface area contributed by atoms with Crippen LogP contribution >= 0.6 is 0 Å². The number of carbonyl (C=O) groups is 4. The molecule has 4 aromatic rings. The molecule has 5 atom stereocenters. The third kappa shape index (κ3) is 8.16. The second kappa shape index (κ2) is 15.1. The smallest absolute Gasteiger partial charge is 0.472 e. The quantitative estimate of drug-likeness (QED) is 0.163. The molecule has 2 aliphatic carbocycles. The number of allylic oxidation sites excluding steroid dienone is 1. The second-order valence-electron chi connectivity index (χ2n) is 15.8. The van der Waals surface area contributed by atoms with Crippen LogP contribution < -0.4 is 24.8 Å². The third-order valence-corrected chi connectivity index (χ3v) is 13.8. The predicted octanol–water partition coefficient (Wildman–Crippen LogP) is 4.82. The molecule has 0 unspecified atom stereocenters. The molecule has 4 aliphatic rings. The average Bonchev–Trinajstić information content (AvgIpc) is 3.93. The maximum absolute atomic E-state index is 14.6. The van der Waals surface area contributed by atoms with Gasteiger partial charge in [-0.25, -0.2) is 13.4 Å². The second-order valence-corrected chi connectivity index (χ2v) is 18.0. The molecule has 19 heteroatoms. The van der Waals surface area contributed by atoms with Gasteiger partial charge in [0.1, 0.15) is 35.7 Å². The minimum atomic E-state index is -4.98. The van der Waals surface area contributed by atoms with Crippen LogP contribution in [0, 0.1) is 5.92 Å². The number of hydrogen-bond acceptors (Lipinski definition) is 11. The highest BCUT2D eigenvalue weighted by Crippen LogP contribution is 2.47. The molecule has 8 rings (SSSR count). The molecule has 1 saturated heterocycles. The Hall–Kier alpha value is -5.72. The van der Waals surface area contributed by atoms with Crippen molar-refractivity contribution in [1.82, 2.24) is 30.4 Å². The van der Waals surface area contributed by atoms with Crippen molar-refractivity contribution >= 4 is 55.3 Å². The molecule has 4 heterocycles. The number of pyridine rings is 1. The molecule has 2 aromatic carbocycles. The van der Waals surface area contributed by atoms with Gasteiger partial charge in [-0.15, -0.1) is 13.2 Å². The third-order valence-electron chi connectivity index (χ3n) is 11.6. The molecule has 312 valence electrons. The number of alkyl halides is 3. The summed E-state index contributed by atoms with van der Waals surface area (Å²) in [5.74, 6) is -4.09. The molecule has 3 N–H and O–H groups in total. The molecule has 0 radical (unpaired) electrons. The van der Waals surface area contributed by atoms with E-state index in [0.717, 1.165) is 6.07 Å². The van der Waals surface area contributed by atoms with Gasteiger partial charge in [0.05, 0.1) is 16.8 Å².